The van der Waals surface area contributed by atoms with Gasteiger partial charge in [0.1, 0.15) is 5.82 Å². The summed E-state index contributed by atoms with van der Waals surface area (Å²) in [5, 5.41) is 9.82. The molecule has 1 unspecified atom stereocenters. The number of aromatic nitrogens is 4. The molecule has 0 spiro atoms. The molecule has 1 aliphatic heterocycles. The largest absolute Gasteiger partial charge is 0.335 e. The molecule has 8 heteroatoms. The molecule has 7 nitrogen and oxygen atoms in total. The topological polar surface area (TPSA) is 76.8 Å². The number of aryl methyl sites for hydroxylation is 1. The Hall–Kier alpha value is -3.94. The van der Waals surface area contributed by atoms with Crippen LogP contribution in [0.2, 0.25) is 0 Å². The molecule has 3 heterocycles. The fraction of sp³-hybridized carbons (Fsp3) is 0.136. The molecule has 0 fully saturated rings. The summed E-state index contributed by atoms with van der Waals surface area (Å²) in [6, 6.07) is 11.8. The lowest BCUT2D eigenvalue weighted by molar-refractivity contribution is 0.251. The van der Waals surface area contributed by atoms with Crippen LogP contribution in [0.5, 0.6) is 0 Å². The summed E-state index contributed by atoms with van der Waals surface area (Å²) in [6.45, 7) is 0.247. The van der Waals surface area contributed by atoms with E-state index >= 15 is 0 Å². The minimum Gasteiger partial charge on any atom is -0.335 e. The van der Waals surface area contributed by atoms with Crippen molar-refractivity contribution in [3.8, 4) is 22.4 Å². The molecular weight excluding hydrogens is 383 g/mol. The molecule has 2 aromatic carbocycles. The first kappa shape index (κ1) is 18.1. The van der Waals surface area contributed by atoms with Gasteiger partial charge in [-0.05, 0) is 23.8 Å². The zero-order valence-electron chi connectivity index (χ0n) is 16.2. The van der Waals surface area contributed by atoms with E-state index in [9.17, 15) is 9.18 Å². The maximum Gasteiger partial charge on any atom is 0.319 e. The highest BCUT2D eigenvalue weighted by Crippen LogP contribution is 2.40. The van der Waals surface area contributed by atoms with E-state index in [0.717, 1.165) is 22.4 Å². The summed E-state index contributed by atoms with van der Waals surface area (Å²) in [6.07, 6.45) is 7.09. The number of halogens is 1. The summed E-state index contributed by atoms with van der Waals surface area (Å²) in [5.41, 5.74) is 4.93. The molecule has 0 aliphatic carbocycles. The van der Waals surface area contributed by atoms with E-state index in [1.54, 1.807) is 29.5 Å². The zero-order valence-corrected chi connectivity index (χ0v) is 16.2. The molecule has 2 N–H and O–H groups in total. The Morgan fingerprint density at radius 1 is 1.13 bits per heavy atom. The van der Waals surface area contributed by atoms with Gasteiger partial charge in [-0.3, -0.25) is 4.68 Å². The first-order chi connectivity index (χ1) is 14.6. The molecule has 1 aliphatic rings. The molecule has 1 atom stereocenters. The average Bonchev–Trinajstić information content (AvgIpc) is 3.44. The normalized spacial score (nSPS) is 14.3. The Morgan fingerprint density at radius 2 is 1.97 bits per heavy atom. The minimum atomic E-state index is -0.351. The van der Waals surface area contributed by atoms with Crippen LogP contribution in [-0.4, -0.2) is 31.9 Å². The smallest absolute Gasteiger partial charge is 0.319 e. The van der Waals surface area contributed by atoms with Gasteiger partial charge in [-0.2, -0.15) is 5.10 Å². The highest BCUT2D eigenvalue weighted by Gasteiger charge is 2.31. The third-order valence-corrected chi connectivity index (χ3v) is 5.30. The molecule has 5 rings (SSSR count). The number of carbonyl (C=O) groups excluding carboxylic acids is 1. The molecule has 2 aromatic heterocycles. The van der Waals surface area contributed by atoms with Gasteiger partial charge in [-0.1, -0.05) is 24.3 Å². The standard InChI is InChI=1S/C22H19FN6O/c1-28-12-15(9-26-28)14-5-7-16(8-6-14)27-22(30)25-11-20-21-17(3-2-4-18(21)23)19-10-24-13-29(19)20/h2-10,12-13,20H,11H2,1H3,(H2,25,27,30). The molecule has 0 saturated carbocycles. The highest BCUT2D eigenvalue weighted by molar-refractivity contribution is 5.89. The van der Waals surface area contributed by atoms with E-state index in [1.165, 1.54) is 6.07 Å². The maximum atomic E-state index is 14.5. The van der Waals surface area contributed by atoms with E-state index in [0.29, 0.717) is 11.3 Å². The number of urea groups is 1. The third-order valence-electron chi connectivity index (χ3n) is 5.30. The van der Waals surface area contributed by atoms with E-state index in [4.69, 9.17) is 0 Å². The molecule has 4 aromatic rings. The molecule has 30 heavy (non-hydrogen) atoms. The van der Waals surface area contributed by atoms with Gasteiger partial charge >= 0.3 is 6.03 Å². The second-order valence-electron chi connectivity index (χ2n) is 7.22. The van der Waals surface area contributed by atoms with Gasteiger partial charge in [-0.15, -0.1) is 0 Å². The van der Waals surface area contributed by atoms with Crippen molar-refractivity contribution >= 4 is 11.7 Å². The van der Waals surface area contributed by atoms with Crippen LogP contribution in [0.3, 0.4) is 0 Å². The van der Waals surface area contributed by atoms with Crippen LogP contribution >= 0.6 is 0 Å². The number of imidazole rings is 1. The van der Waals surface area contributed by atoms with Crippen molar-refractivity contribution in [2.45, 2.75) is 6.04 Å². The van der Waals surface area contributed by atoms with Crippen LogP contribution in [0.15, 0.2) is 67.4 Å². The summed E-state index contributed by atoms with van der Waals surface area (Å²) in [7, 11) is 1.87. The monoisotopic (exact) mass is 402 g/mol. The van der Waals surface area contributed by atoms with Crippen LogP contribution < -0.4 is 10.6 Å². The molecule has 0 radical (unpaired) electrons. The summed E-state index contributed by atoms with van der Waals surface area (Å²) in [4.78, 5) is 16.6. The van der Waals surface area contributed by atoms with Gasteiger partial charge in [0.15, 0.2) is 0 Å². The Morgan fingerprint density at radius 3 is 2.73 bits per heavy atom. The van der Waals surface area contributed by atoms with Crippen molar-refractivity contribution in [2.75, 3.05) is 11.9 Å². The van der Waals surface area contributed by atoms with E-state index < -0.39 is 0 Å². The van der Waals surface area contributed by atoms with Crippen molar-refractivity contribution in [3.05, 3.63) is 78.8 Å². The number of anilines is 1. The predicted molar refractivity (Wildman–Crippen MR) is 111 cm³/mol. The van der Waals surface area contributed by atoms with Crippen LogP contribution in [0.1, 0.15) is 11.6 Å². The number of nitrogens with one attached hydrogen (secondary N) is 2. The molecular formula is C22H19FN6O. The number of nitrogens with zero attached hydrogens (tertiary/aromatic N) is 4. The number of hydrogen-bond acceptors (Lipinski definition) is 3. The number of hydrogen-bond donors (Lipinski definition) is 2. The van der Waals surface area contributed by atoms with Crippen molar-refractivity contribution < 1.29 is 9.18 Å². The fourth-order valence-electron chi connectivity index (χ4n) is 3.88. The number of fused-ring (bicyclic) bond motifs is 3. The third kappa shape index (κ3) is 3.12. The van der Waals surface area contributed by atoms with E-state index in [1.807, 2.05) is 48.1 Å². The van der Waals surface area contributed by atoms with Crippen LogP contribution in [0.25, 0.3) is 22.4 Å². The van der Waals surface area contributed by atoms with E-state index in [2.05, 4.69) is 20.7 Å². The number of benzene rings is 2. The van der Waals surface area contributed by atoms with Crippen molar-refractivity contribution in [1.82, 2.24) is 24.6 Å². The average molecular weight is 402 g/mol. The lowest BCUT2D eigenvalue weighted by Gasteiger charge is -2.16. The Kier molecular flexibility index (Phi) is 4.31. The second-order valence-corrected chi connectivity index (χ2v) is 7.22. The number of carbonyl (C=O) groups is 1. The lowest BCUT2D eigenvalue weighted by atomic mass is 10.0. The summed E-state index contributed by atoms with van der Waals surface area (Å²) < 4.78 is 18.1. The molecule has 150 valence electrons. The first-order valence-electron chi connectivity index (χ1n) is 9.55. The lowest BCUT2D eigenvalue weighted by Crippen LogP contribution is -2.33. The Labute approximate surface area is 172 Å². The van der Waals surface area contributed by atoms with Gasteiger partial charge in [-0.25, -0.2) is 14.2 Å². The zero-order chi connectivity index (χ0) is 20.7. The van der Waals surface area contributed by atoms with Gasteiger partial charge in [0.25, 0.3) is 0 Å². The van der Waals surface area contributed by atoms with Crippen LogP contribution in [0.4, 0.5) is 14.9 Å². The Balaban J connectivity index is 1.26. The van der Waals surface area contributed by atoms with Crippen molar-refractivity contribution in [1.29, 1.82) is 0 Å². The quantitative estimate of drug-likeness (QED) is 0.545. The van der Waals surface area contributed by atoms with Crippen molar-refractivity contribution in [3.63, 3.8) is 0 Å². The van der Waals surface area contributed by atoms with Crippen LogP contribution in [0, 0.1) is 5.82 Å². The van der Waals surface area contributed by atoms with Gasteiger partial charge in [0.2, 0.25) is 0 Å². The molecule has 0 bridgehead atoms. The summed E-state index contributed by atoms with van der Waals surface area (Å²) >= 11 is 0. The fourth-order valence-corrected chi connectivity index (χ4v) is 3.88. The molecule has 2 amide bonds. The van der Waals surface area contributed by atoms with Crippen LogP contribution in [-0.2, 0) is 7.05 Å². The maximum absolute atomic E-state index is 14.5. The summed E-state index contributed by atoms with van der Waals surface area (Å²) in [5.74, 6) is -0.283. The SMILES string of the molecule is Cn1cc(-c2ccc(NC(=O)NCC3c4c(F)cccc4-c4cncn43)cc2)cn1. The highest BCUT2D eigenvalue weighted by atomic mass is 19.1. The Bertz CT molecular complexity index is 1230. The van der Waals surface area contributed by atoms with Gasteiger partial charge in [0, 0.05) is 42.2 Å². The number of amides is 2. The van der Waals surface area contributed by atoms with Gasteiger partial charge < -0.3 is 15.2 Å². The first-order valence-corrected chi connectivity index (χ1v) is 9.55. The molecule has 0 saturated heterocycles. The van der Waals surface area contributed by atoms with Gasteiger partial charge in [0.05, 0.1) is 30.5 Å². The number of rotatable bonds is 4. The second kappa shape index (κ2) is 7.14. The predicted octanol–water partition coefficient (Wildman–Crippen LogP) is 3.81. The van der Waals surface area contributed by atoms with Crippen molar-refractivity contribution in [2.24, 2.45) is 7.05 Å². The van der Waals surface area contributed by atoms with E-state index in [-0.39, 0.29) is 24.4 Å². The minimum absolute atomic E-state index is 0.247.